The smallest absolute Gasteiger partial charge is 0.261 e. The van der Waals surface area contributed by atoms with Crippen LogP contribution in [-0.4, -0.2) is 18.4 Å². The number of nitrogens with one attached hydrogen (secondary N) is 2. The highest BCUT2D eigenvalue weighted by molar-refractivity contribution is 7.13. The maximum Gasteiger partial charge on any atom is 0.261 e. The summed E-state index contributed by atoms with van der Waals surface area (Å²) in [5, 5.41) is 5.13. The van der Waals surface area contributed by atoms with Gasteiger partial charge in [-0.25, -0.2) is 8.78 Å². The molecule has 0 spiro atoms. The first-order valence-electron chi connectivity index (χ1n) is 6.95. The monoisotopic (exact) mass is 338 g/mol. The number of halogens is 2. The average Bonchev–Trinajstić information content (AvgIpc) is 2.94. The Kier molecular flexibility index (Phi) is 5.44. The lowest BCUT2D eigenvalue weighted by atomic mass is 10.1. The van der Waals surface area contributed by atoms with E-state index in [1.54, 1.807) is 13.0 Å². The van der Waals surface area contributed by atoms with Crippen molar-refractivity contribution in [2.45, 2.75) is 19.9 Å². The van der Waals surface area contributed by atoms with E-state index in [9.17, 15) is 18.4 Å². The number of rotatable bonds is 5. The van der Waals surface area contributed by atoms with Crippen LogP contribution in [0.2, 0.25) is 0 Å². The van der Waals surface area contributed by atoms with Crippen LogP contribution in [0.3, 0.4) is 0 Å². The third-order valence-corrected chi connectivity index (χ3v) is 4.19. The number of aryl methyl sites for hydroxylation is 1. The molecule has 2 rings (SSSR count). The van der Waals surface area contributed by atoms with Crippen molar-refractivity contribution >= 4 is 23.2 Å². The van der Waals surface area contributed by atoms with Crippen LogP contribution in [0.15, 0.2) is 30.3 Å². The molecule has 1 heterocycles. The SMILES string of the molecule is Cc1ccc(C(=O)NCC(=O)NC(C)c2ccc(F)c(F)c2)s1. The van der Waals surface area contributed by atoms with Gasteiger partial charge in [-0.2, -0.15) is 0 Å². The van der Waals surface area contributed by atoms with Gasteiger partial charge < -0.3 is 10.6 Å². The number of hydrogen-bond donors (Lipinski definition) is 2. The van der Waals surface area contributed by atoms with Crippen molar-refractivity contribution in [3.8, 4) is 0 Å². The Morgan fingerprint density at radius 1 is 1.17 bits per heavy atom. The Bertz CT molecular complexity index is 731. The summed E-state index contributed by atoms with van der Waals surface area (Å²) in [5.41, 5.74) is 0.442. The lowest BCUT2D eigenvalue weighted by Gasteiger charge is -2.14. The molecule has 2 amide bonds. The number of thiophene rings is 1. The molecule has 0 radical (unpaired) electrons. The average molecular weight is 338 g/mol. The molecule has 1 unspecified atom stereocenters. The summed E-state index contributed by atoms with van der Waals surface area (Å²) < 4.78 is 26.1. The zero-order valence-corrected chi connectivity index (χ0v) is 13.5. The molecule has 0 saturated carbocycles. The second-order valence-corrected chi connectivity index (χ2v) is 6.34. The van der Waals surface area contributed by atoms with E-state index in [0.29, 0.717) is 10.4 Å². The van der Waals surface area contributed by atoms with Crippen LogP contribution in [0, 0.1) is 18.6 Å². The molecular weight excluding hydrogens is 322 g/mol. The van der Waals surface area contributed by atoms with Crippen molar-refractivity contribution < 1.29 is 18.4 Å². The lowest BCUT2D eigenvalue weighted by Crippen LogP contribution is -2.37. The molecule has 0 saturated heterocycles. The zero-order valence-electron chi connectivity index (χ0n) is 12.7. The van der Waals surface area contributed by atoms with Gasteiger partial charge >= 0.3 is 0 Å². The summed E-state index contributed by atoms with van der Waals surface area (Å²) in [4.78, 5) is 25.2. The van der Waals surface area contributed by atoms with E-state index in [-0.39, 0.29) is 12.5 Å². The quantitative estimate of drug-likeness (QED) is 0.881. The van der Waals surface area contributed by atoms with E-state index in [1.165, 1.54) is 17.4 Å². The highest BCUT2D eigenvalue weighted by Crippen LogP contribution is 2.16. The molecule has 0 aliphatic carbocycles. The molecule has 1 aromatic carbocycles. The van der Waals surface area contributed by atoms with E-state index in [2.05, 4.69) is 10.6 Å². The van der Waals surface area contributed by atoms with Crippen LogP contribution < -0.4 is 10.6 Å². The summed E-state index contributed by atoms with van der Waals surface area (Å²) in [6, 6.07) is 6.46. The molecule has 0 fully saturated rings. The maximum atomic E-state index is 13.2. The van der Waals surface area contributed by atoms with Gasteiger partial charge in [0.15, 0.2) is 11.6 Å². The van der Waals surface area contributed by atoms with E-state index in [1.807, 2.05) is 13.0 Å². The van der Waals surface area contributed by atoms with Gasteiger partial charge in [0.05, 0.1) is 17.5 Å². The Hall–Kier alpha value is -2.28. The largest absolute Gasteiger partial charge is 0.348 e. The van der Waals surface area contributed by atoms with Crippen molar-refractivity contribution in [1.29, 1.82) is 0 Å². The van der Waals surface area contributed by atoms with Gasteiger partial charge in [0, 0.05) is 4.88 Å². The third-order valence-electron chi connectivity index (χ3n) is 3.19. The second kappa shape index (κ2) is 7.32. The summed E-state index contributed by atoms with van der Waals surface area (Å²) >= 11 is 1.34. The third kappa shape index (κ3) is 4.59. The number of carbonyl (C=O) groups excluding carboxylic acids is 2. The van der Waals surface area contributed by atoms with E-state index in [0.717, 1.165) is 17.0 Å². The van der Waals surface area contributed by atoms with E-state index >= 15 is 0 Å². The van der Waals surface area contributed by atoms with Crippen LogP contribution in [-0.2, 0) is 4.79 Å². The highest BCUT2D eigenvalue weighted by atomic mass is 32.1. The fourth-order valence-electron chi connectivity index (χ4n) is 1.96. The fourth-order valence-corrected chi connectivity index (χ4v) is 2.75. The van der Waals surface area contributed by atoms with Crippen molar-refractivity contribution in [3.05, 3.63) is 57.3 Å². The van der Waals surface area contributed by atoms with E-state index in [4.69, 9.17) is 0 Å². The minimum atomic E-state index is -0.968. The van der Waals surface area contributed by atoms with Crippen molar-refractivity contribution in [2.75, 3.05) is 6.54 Å². The van der Waals surface area contributed by atoms with Gasteiger partial charge in [-0.3, -0.25) is 9.59 Å². The Morgan fingerprint density at radius 2 is 1.91 bits per heavy atom. The maximum absolute atomic E-state index is 13.2. The second-order valence-electron chi connectivity index (χ2n) is 5.06. The Labute approximate surface area is 136 Å². The first-order chi connectivity index (χ1) is 10.9. The van der Waals surface area contributed by atoms with Gasteiger partial charge in [-0.1, -0.05) is 6.07 Å². The van der Waals surface area contributed by atoms with Gasteiger partial charge in [0.1, 0.15) is 0 Å². The first kappa shape index (κ1) is 17.1. The molecular formula is C16H16F2N2O2S. The minimum Gasteiger partial charge on any atom is -0.348 e. The van der Waals surface area contributed by atoms with Crippen LogP contribution in [0.1, 0.15) is 33.1 Å². The van der Waals surface area contributed by atoms with E-state index < -0.39 is 23.6 Å². The van der Waals surface area contributed by atoms with Crippen LogP contribution in [0.25, 0.3) is 0 Å². The summed E-state index contributed by atoms with van der Waals surface area (Å²) in [6.07, 6.45) is 0. The number of carbonyl (C=O) groups is 2. The van der Waals surface area contributed by atoms with Crippen molar-refractivity contribution in [2.24, 2.45) is 0 Å². The highest BCUT2D eigenvalue weighted by Gasteiger charge is 2.14. The first-order valence-corrected chi connectivity index (χ1v) is 7.77. The summed E-state index contributed by atoms with van der Waals surface area (Å²) in [6.45, 7) is 3.34. The molecule has 1 aromatic heterocycles. The molecule has 0 aliphatic rings. The van der Waals surface area contributed by atoms with Gasteiger partial charge in [0.2, 0.25) is 5.91 Å². The predicted molar refractivity (Wildman–Crippen MR) is 84.3 cm³/mol. The molecule has 1 atom stereocenters. The molecule has 23 heavy (non-hydrogen) atoms. The van der Waals surface area contributed by atoms with Gasteiger partial charge in [-0.15, -0.1) is 11.3 Å². The topological polar surface area (TPSA) is 58.2 Å². The molecule has 2 N–H and O–H groups in total. The molecule has 0 aliphatic heterocycles. The van der Waals surface area contributed by atoms with Crippen molar-refractivity contribution in [1.82, 2.24) is 10.6 Å². The van der Waals surface area contributed by atoms with Crippen LogP contribution in [0.5, 0.6) is 0 Å². The van der Waals surface area contributed by atoms with Crippen molar-refractivity contribution in [3.63, 3.8) is 0 Å². The molecule has 2 aromatic rings. The number of hydrogen-bond acceptors (Lipinski definition) is 3. The molecule has 0 bridgehead atoms. The standard InChI is InChI=1S/C16H16F2N2O2S/c1-9-3-6-14(23-9)16(22)19-8-15(21)20-10(2)11-4-5-12(17)13(18)7-11/h3-7,10H,8H2,1-2H3,(H,19,22)(H,20,21). The number of benzene rings is 1. The fraction of sp³-hybridized carbons (Fsp3) is 0.250. The predicted octanol–water partition coefficient (Wildman–Crippen LogP) is 2.94. The number of amides is 2. The van der Waals surface area contributed by atoms with Gasteiger partial charge in [-0.05, 0) is 43.7 Å². The minimum absolute atomic E-state index is 0.191. The van der Waals surface area contributed by atoms with Gasteiger partial charge in [0.25, 0.3) is 5.91 Å². The summed E-state index contributed by atoms with van der Waals surface area (Å²) in [5.74, 6) is -2.64. The van der Waals surface area contributed by atoms with Crippen LogP contribution >= 0.6 is 11.3 Å². The van der Waals surface area contributed by atoms with Crippen LogP contribution in [0.4, 0.5) is 8.78 Å². The molecule has 7 heteroatoms. The Balaban J connectivity index is 1.86. The normalized spacial score (nSPS) is 11.8. The molecule has 122 valence electrons. The lowest BCUT2D eigenvalue weighted by molar-refractivity contribution is -0.120. The molecule has 4 nitrogen and oxygen atoms in total. The zero-order chi connectivity index (χ0) is 17.0. The summed E-state index contributed by atoms with van der Waals surface area (Å²) in [7, 11) is 0. The Morgan fingerprint density at radius 3 is 2.52 bits per heavy atom.